The second-order valence-corrected chi connectivity index (χ2v) is 5.51. The molecule has 0 spiro atoms. The van der Waals surface area contributed by atoms with Crippen molar-refractivity contribution in [3.63, 3.8) is 0 Å². The van der Waals surface area contributed by atoms with Crippen LogP contribution < -0.4 is 16.0 Å². The molecule has 0 aliphatic rings. The third-order valence-corrected chi connectivity index (χ3v) is 3.62. The molecule has 1 aromatic heterocycles. The zero-order valence-electron chi connectivity index (χ0n) is 14.5. The van der Waals surface area contributed by atoms with Crippen molar-refractivity contribution in [1.82, 2.24) is 20.9 Å². The van der Waals surface area contributed by atoms with Gasteiger partial charge in [-0.15, -0.1) is 0 Å². The number of aromatic nitrogens is 1. The van der Waals surface area contributed by atoms with Gasteiger partial charge in [-0.25, -0.2) is 0 Å². The number of benzene rings is 1. The second kappa shape index (κ2) is 10.8. The van der Waals surface area contributed by atoms with Crippen molar-refractivity contribution in [1.29, 1.82) is 0 Å². The summed E-state index contributed by atoms with van der Waals surface area (Å²) in [4.78, 5) is 20.3. The average molecular weight is 339 g/mol. The zero-order valence-corrected chi connectivity index (χ0v) is 14.5. The van der Waals surface area contributed by atoms with E-state index in [-0.39, 0.29) is 12.5 Å². The van der Waals surface area contributed by atoms with Crippen LogP contribution in [0.3, 0.4) is 0 Å². The molecule has 6 heteroatoms. The summed E-state index contributed by atoms with van der Waals surface area (Å²) in [7, 11) is 1.68. The van der Waals surface area contributed by atoms with Gasteiger partial charge in [0.2, 0.25) is 5.91 Å². The van der Waals surface area contributed by atoms with Gasteiger partial charge in [0.25, 0.3) is 0 Å². The van der Waals surface area contributed by atoms with Crippen LogP contribution in [0.25, 0.3) is 0 Å². The lowest BCUT2D eigenvalue weighted by atomic mass is 10.1. The highest BCUT2D eigenvalue weighted by atomic mass is 16.1. The standard InChI is InChI=1S/C19H25N5O/c1-20-19(23-14-11-17-9-5-6-12-21-17)24-15-18(25)22-13-10-16-7-3-2-4-8-16/h2-9,12H,10-11,13-15H2,1H3,(H,22,25)(H2,20,23,24). The smallest absolute Gasteiger partial charge is 0.239 e. The number of carbonyl (C=O) groups excluding carboxylic acids is 1. The van der Waals surface area contributed by atoms with Gasteiger partial charge < -0.3 is 16.0 Å². The second-order valence-electron chi connectivity index (χ2n) is 5.51. The zero-order chi connectivity index (χ0) is 17.7. The number of carbonyl (C=O) groups is 1. The van der Waals surface area contributed by atoms with Gasteiger partial charge in [-0.1, -0.05) is 36.4 Å². The maximum Gasteiger partial charge on any atom is 0.239 e. The fraction of sp³-hybridized carbons (Fsp3) is 0.316. The number of pyridine rings is 1. The average Bonchev–Trinajstić information content (AvgIpc) is 2.66. The number of hydrogen-bond donors (Lipinski definition) is 3. The van der Waals surface area contributed by atoms with Crippen molar-refractivity contribution in [2.24, 2.45) is 4.99 Å². The Morgan fingerprint density at radius 2 is 1.72 bits per heavy atom. The first-order valence-electron chi connectivity index (χ1n) is 8.43. The van der Waals surface area contributed by atoms with Gasteiger partial charge in [0.05, 0.1) is 6.54 Å². The monoisotopic (exact) mass is 339 g/mol. The lowest BCUT2D eigenvalue weighted by Crippen LogP contribution is -2.44. The van der Waals surface area contributed by atoms with Crippen molar-refractivity contribution in [3.8, 4) is 0 Å². The normalized spacial score (nSPS) is 11.0. The number of hydrogen-bond acceptors (Lipinski definition) is 3. The summed E-state index contributed by atoms with van der Waals surface area (Å²) in [5.41, 5.74) is 2.23. The molecule has 0 bridgehead atoms. The third-order valence-electron chi connectivity index (χ3n) is 3.62. The Labute approximate surface area is 148 Å². The molecule has 0 fully saturated rings. The van der Waals surface area contributed by atoms with Gasteiger partial charge in [0, 0.05) is 38.4 Å². The minimum Gasteiger partial charge on any atom is -0.356 e. The Kier molecular flexibility index (Phi) is 7.97. The number of nitrogens with zero attached hydrogens (tertiary/aromatic N) is 2. The molecule has 1 aromatic carbocycles. The van der Waals surface area contributed by atoms with Crippen LogP contribution >= 0.6 is 0 Å². The van der Waals surface area contributed by atoms with Crippen LogP contribution in [0, 0.1) is 0 Å². The van der Waals surface area contributed by atoms with E-state index in [0.29, 0.717) is 19.0 Å². The maximum atomic E-state index is 11.9. The molecule has 25 heavy (non-hydrogen) atoms. The molecule has 0 aliphatic carbocycles. The van der Waals surface area contributed by atoms with Crippen molar-refractivity contribution in [3.05, 3.63) is 66.0 Å². The summed E-state index contributed by atoms with van der Waals surface area (Å²) in [5.74, 6) is 0.553. The highest BCUT2D eigenvalue weighted by Crippen LogP contribution is 1.97. The van der Waals surface area contributed by atoms with Gasteiger partial charge in [0.15, 0.2) is 5.96 Å². The fourth-order valence-corrected chi connectivity index (χ4v) is 2.29. The SMILES string of the molecule is CN=C(NCCc1ccccn1)NCC(=O)NCCc1ccccc1. The number of aliphatic imine (C=N–C) groups is 1. The number of rotatable bonds is 8. The highest BCUT2D eigenvalue weighted by Gasteiger charge is 2.03. The molecular weight excluding hydrogens is 314 g/mol. The largest absolute Gasteiger partial charge is 0.356 e. The minimum atomic E-state index is -0.0522. The molecule has 1 amide bonds. The van der Waals surface area contributed by atoms with Crippen molar-refractivity contribution < 1.29 is 4.79 Å². The van der Waals surface area contributed by atoms with Crippen LogP contribution in [-0.4, -0.2) is 43.5 Å². The topological polar surface area (TPSA) is 78.4 Å². The summed E-state index contributed by atoms with van der Waals surface area (Å²) in [6, 6.07) is 15.9. The number of guanidine groups is 1. The van der Waals surface area contributed by atoms with E-state index in [4.69, 9.17) is 0 Å². The number of amides is 1. The molecule has 0 unspecified atom stereocenters. The molecule has 1 heterocycles. The van der Waals surface area contributed by atoms with Crippen LogP contribution in [0.5, 0.6) is 0 Å². The van der Waals surface area contributed by atoms with Crippen LogP contribution in [0.4, 0.5) is 0 Å². The van der Waals surface area contributed by atoms with Gasteiger partial charge in [0.1, 0.15) is 0 Å². The highest BCUT2D eigenvalue weighted by molar-refractivity contribution is 5.86. The summed E-state index contributed by atoms with van der Waals surface area (Å²) < 4.78 is 0. The Bertz CT molecular complexity index is 658. The summed E-state index contributed by atoms with van der Waals surface area (Å²) in [5, 5.41) is 9.08. The predicted octanol–water partition coefficient (Wildman–Crippen LogP) is 1.15. The Morgan fingerprint density at radius 1 is 0.960 bits per heavy atom. The maximum absolute atomic E-state index is 11.9. The van der Waals surface area contributed by atoms with Gasteiger partial charge in [-0.05, 0) is 24.1 Å². The lowest BCUT2D eigenvalue weighted by molar-refractivity contribution is -0.119. The molecule has 2 aromatic rings. The Morgan fingerprint density at radius 3 is 2.44 bits per heavy atom. The summed E-state index contributed by atoms with van der Waals surface area (Å²) in [6.07, 6.45) is 3.40. The van der Waals surface area contributed by atoms with Gasteiger partial charge in [-0.3, -0.25) is 14.8 Å². The van der Waals surface area contributed by atoms with Crippen molar-refractivity contribution in [2.75, 3.05) is 26.7 Å². The van der Waals surface area contributed by atoms with E-state index in [0.717, 1.165) is 18.5 Å². The molecule has 0 aliphatic heterocycles. The van der Waals surface area contributed by atoms with E-state index in [1.54, 1.807) is 13.2 Å². The first-order valence-corrected chi connectivity index (χ1v) is 8.43. The fourth-order valence-electron chi connectivity index (χ4n) is 2.29. The molecule has 2 rings (SSSR count). The Hall–Kier alpha value is -2.89. The number of nitrogens with one attached hydrogen (secondary N) is 3. The minimum absolute atomic E-state index is 0.0522. The molecule has 0 atom stereocenters. The molecule has 0 radical (unpaired) electrons. The van der Waals surface area contributed by atoms with Crippen LogP contribution in [0.1, 0.15) is 11.3 Å². The van der Waals surface area contributed by atoms with E-state index >= 15 is 0 Å². The molecule has 6 nitrogen and oxygen atoms in total. The van der Waals surface area contributed by atoms with Crippen molar-refractivity contribution >= 4 is 11.9 Å². The van der Waals surface area contributed by atoms with Crippen LogP contribution in [0.2, 0.25) is 0 Å². The summed E-state index contributed by atoms with van der Waals surface area (Å²) >= 11 is 0. The third kappa shape index (κ3) is 7.48. The molecular formula is C19H25N5O. The predicted molar refractivity (Wildman–Crippen MR) is 100 cm³/mol. The van der Waals surface area contributed by atoms with Crippen LogP contribution in [0.15, 0.2) is 59.7 Å². The Balaban J connectivity index is 1.60. The molecule has 0 saturated carbocycles. The van der Waals surface area contributed by atoms with Gasteiger partial charge in [-0.2, -0.15) is 0 Å². The quantitative estimate of drug-likeness (QED) is 0.498. The van der Waals surface area contributed by atoms with Crippen molar-refractivity contribution in [2.45, 2.75) is 12.8 Å². The van der Waals surface area contributed by atoms with E-state index in [9.17, 15) is 4.79 Å². The summed E-state index contributed by atoms with van der Waals surface area (Å²) in [6.45, 7) is 1.51. The molecule has 132 valence electrons. The molecule has 0 saturated heterocycles. The van der Waals surface area contributed by atoms with Crippen LogP contribution in [-0.2, 0) is 17.6 Å². The first kappa shape index (κ1) is 18.4. The van der Waals surface area contributed by atoms with E-state index < -0.39 is 0 Å². The lowest BCUT2D eigenvalue weighted by Gasteiger charge is -2.12. The van der Waals surface area contributed by atoms with E-state index in [2.05, 4.69) is 38.1 Å². The van der Waals surface area contributed by atoms with E-state index in [1.807, 2.05) is 36.4 Å². The van der Waals surface area contributed by atoms with Gasteiger partial charge >= 0.3 is 0 Å². The first-order chi connectivity index (χ1) is 12.3. The molecule has 3 N–H and O–H groups in total. The van der Waals surface area contributed by atoms with E-state index in [1.165, 1.54) is 5.56 Å².